The van der Waals surface area contributed by atoms with Crippen molar-refractivity contribution in [3.05, 3.63) is 98.5 Å². The molecule has 8 heteroatoms. The highest BCUT2D eigenvalue weighted by molar-refractivity contribution is 6.42. The van der Waals surface area contributed by atoms with Crippen LogP contribution in [-0.2, 0) is 22.6 Å². The second-order valence-corrected chi connectivity index (χ2v) is 10.2. The Balaban J connectivity index is 1.93. The number of hydrogen-bond donors (Lipinski definition) is 1. The Morgan fingerprint density at radius 1 is 0.919 bits per heavy atom. The zero-order valence-electron chi connectivity index (χ0n) is 21.1. The number of hydrogen-bond acceptors (Lipinski definition) is 3. The van der Waals surface area contributed by atoms with Crippen LogP contribution < -0.4 is 10.1 Å². The van der Waals surface area contributed by atoms with Crippen molar-refractivity contribution in [2.45, 2.75) is 52.2 Å². The van der Waals surface area contributed by atoms with Crippen molar-refractivity contribution in [2.24, 2.45) is 0 Å². The highest BCUT2D eigenvalue weighted by Crippen LogP contribution is 2.25. The van der Waals surface area contributed by atoms with Crippen LogP contribution in [0.2, 0.25) is 15.1 Å². The third-order valence-electron chi connectivity index (χ3n) is 6.10. The molecule has 0 spiro atoms. The molecule has 0 aliphatic carbocycles. The van der Waals surface area contributed by atoms with Gasteiger partial charge in [-0.2, -0.15) is 0 Å². The van der Waals surface area contributed by atoms with E-state index in [2.05, 4.69) is 5.32 Å². The molecule has 0 fully saturated rings. The molecule has 5 nitrogen and oxygen atoms in total. The molecule has 3 rings (SSSR count). The molecular formula is C29H31Cl3N2O3. The summed E-state index contributed by atoms with van der Waals surface area (Å²) in [5, 5.41) is 4.45. The molecule has 0 aromatic heterocycles. The van der Waals surface area contributed by atoms with Crippen LogP contribution in [0.3, 0.4) is 0 Å². The average Bonchev–Trinajstić information content (AvgIpc) is 2.89. The van der Waals surface area contributed by atoms with Gasteiger partial charge in [0.1, 0.15) is 11.8 Å². The largest absolute Gasteiger partial charge is 0.484 e. The fourth-order valence-corrected chi connectivity index (χ4v) is 4.20. The first kappa shape index (κ1) is 28.8. The Morgan fingerprint density at radius 2 is 1.62 bits per heavy atom. The molecule has 0 radical (unpaired) electrons. The van der Waals surface area contributed by atoms with Gasteiger partial charge in [0.2, 0.25) is 5.91 Å². The highest BCUT2D eigenvalue weighted by atomic mass is 35.5. The van der Waals surface area contributed by atoms with Gasteiger partial charge in [0.05, 0.1) is 10.0 Å². The van der Waals surface area contributed by atoms with Crippen molar-refractivity contribution in [3.8, 4) is 5.75 Å². The molecule has 1 N–H and O–H groups in total. The van der Waals surface area contributed by atoms with Crippen molar-refractivity contribution in [1.82, 2.24) is 10.2 Å². The van der Waals surface area contributed by atoms with Crippen LogP contribution >= 0.6 is 34.8 Å². The molecule has 3 aromatic rings. The van der Waals surface area contributed by atoms with Gasteiger partial charge < -0.3 is 15.0 Å². The standard InChI is InChI=1S/C29H31Cl3N2O3/c1-4-20(3)33-29(36)27(16-21-8-6-5-7-9-21)34(17-22-10-12-25(31)26(32)15-22)28(35)18-37-23-11-13-24(30)19(2)14-23/h5-15,20,27H,4,16-18H2,1-3H3,(H,33,36)/t20-,27-/m0/s1. The fraction of sp³-hybridized carbons (Fsp3) is 0.310. The van der Waals surface area contributed by atoms with Crippen LogP contribution in [-0.4, -0.2) is 35.4 Å². The predicted molar refractivity (Wildman–Crippen MR) is 151 cm³/mol. The normalized spacial score (nSPS) is 12.5. The van der Waals surface area contributed by atoms with E-state index >= 15 is 0 Å². The zero-order valence-corrected chi connectivity index (χ0v) is 23.4. The summed E-state index contributed by atoms with van der Waals surface area (Å²) in [6, 6.07) is 19.2. The third-order valence-corrected chi connectivity index (χ3v) is 7.26. The van der Waals surface area contributed by atoms with E-state index in [-0.39, 0.29) is 31.0 Å². The number of amides is 2. The molecule has 2 amide bonds. The van der Waals surface area contributed by atoms with Crippen molar-refractivity contribution in [3.63, 3.8) is 0 Å². The van der Waals surface area contributed by atoms with Gasteiger partial charge in [0.25, 0.3) is 5.91 Å². The van der Waals surface area contributed by atoms with Gasteiger partial charge in [0.15, 0.2) is 6.61 Å². The molecule has 2 atom stereocenters. The molecule has 0 aliphatic heterocycles. The van der Waals surface area contributed by atoms with E-state index in [4.69, 9.17) is 39.5 Å². The molecular weight excluding hydrogens is 531 g/mol. The summed E-state index contributed by atoms with van der Waals surface area (Å²) >= 11 is 18.5. The van der Waals surface area contributed by atoms with Crippen molar-refractivity contribution in [2.75, 3.05) is 6.61 Å². The van der Waals surface area contributed by atoms with Crippen LogP contribution in [0.5, 0.6) is 5.75 Å². The summed E-state index contributed by atoms with van der Waals surface area (Å²) in [7, 11) is 0. The van der Waals surface area contributed by atoms with Gasteiger partial charge in [-0.3, -0.25) is 9.59 Å². The molecule has 3 aromatic carbocycles. The second kappa shape index (κ2) is 13.7. The SMILES string of the molecule is CC[C@H](C)NC(=O)[C@H](Cc1ccccc1)N(Cc1ccc(Cl)c(Cl)c1)C(=O)COc1ccc(Cl)c(C)c1. The van der Waals surface area contributed by atoms with Gasteiger partial charge >= 0.3 is 0 Å². The van der Waals surface area contributed by atoms with Crippen molar-refractivity contribution in [1.29, 1.82) is 0 Å². The minimum Gasteiger partial charge on any atom is -0.484 e. The third kappa shape index (κ3) is 8.39. The quantitative estimate of drug-likeness (QED) is 0.277. The van der Waals surface area contributed by atoms with E-state index in [9.17, 15) is 9.59 Å². The van der Waals surface area contributed by atoms with Gasteiger partial charge in [-0.25, -0.2) is 0 Å². The number of benzene rings is 3. The summed E-state index contributed by atoms with van der Waals surface area (Å²) in [5.74, 6) is -0.0405. The van der Waals surface area contributed by atoms with Crippen molar-refractivity contribution < 1.29 is 14.3 Å². The van der Waals surface area contributed by atoms with Gasteiger partial charge in [-0.1, -0.05) is 78.1 Å². The first-order valence-corrected chi connectivity index (χ1v) is 13.3. The number of nitrogens with one attached hydrogen (secondary N) is 1. The average molecular weight is 562 g/mol. The summed E-state index contributed by atoms with van der Waals surface area (Å²) < 4.78 is 5.82. The van der Waals surface area contributed by atoms with Crippen LogP contribution in [0.25, 0.3) is 0 Å². The Bertz CT molecular complexity index is 1220. The lowest BCUT2D eigenvalue weighted by Crippen LogP contribution is -2.53. The van der Waals surface area contributed by atoms with Crippen molar-refractivity contribution >= 4 is 46.6 Å². The van der Waals surface area contributed by atoms with E-state index in [0.29, 0.717) is 27.2 Å². The van der Waals surface area contributed by atoms with Gasteiger partial charge in [-0.05, 0) is 67.3 Å². The maximum atomic E-state index is 13.7. The Labute approximate surface area is 233 Å². The number of carbonyl (C=O) groups is 2. The maximum Gasteiger partial charge on any atom is 0.261 e. The molecule has 0 heterocycles. The topological polar surface area (TPSA) is 58.6 Å². The van der Waals surface area contributed by atoms with E-state index in [1.165, 1.54) is 0 Å². The lowest BCUT2D eigenvalue weighted by molar-refractivity contribution is -0.143. The number of nitrogens with zero attached hydrogens (tertiary/aromatic N) is 1. The molecule has 0 bridgehead atoms. The van der Waals surface area contributed by atoms with E-state index in [1.54, 1.807) is 41.3 Å². The Kier molecular flexibility index (Phi) is 10.7. The lowest BCUT2D eigenvalue weighted by atomic mass is 10.0. The van der Waals surface area contributed by atoms with Crippen LogP contribution in [0.4, 0.5) is 0 Å². The summed E-state index contributed by atoms with van der Waals surface area (Å²) in [6.45, 7) is 5.71. The van der Waals surface area contributed by atoms with Gasteiger partial charge in [-0.15, -0.1) is 0 Å². The smallest absolute Gasteiger partial charge is 0.261 e. The van der Waals surface area contributed by atoms with E-state index in [1.807, 2.05) is 51.1 Å². The van der Waals surface area contributed by atoms with E-state index < -0.39 is 6.04 Å². The number of ether oxygens (including phenoxy) is 1. The molecule has 0 aliphatic rings. The zero-order chi connectivity index (χ0) is 26.9. The fourth-order valence-electron chi connectivity index (χ4n) is 3.76. The monoisotopic (exact) mass is 560 g/mol. The van der Waals surface area contributed by atoms with Crippen LogP contribution in [0.1, 0.15) is 37.0 Å². The van der Waals surface area contributed by atoms with Crippen LogP contribution in [0, 0.1) is 6.92 Å². The number of rotatable bonds is 11. The first-order chi connectivity index (χ1) is 17.7. The second-order valence-electron chi connectivity index (χ2n) is 8.99. The number of aryl methyl sites for hydroxylation is 1. The highest BCUT2D eigenvalue weighted by Gasteiger charge is 2.31. The first-order valence-electron chi connectivity index (χ1n) is 12.1. The minimum absolute atomic E-state index is 0.0407. The van der Waals surface area contributed by atoms with E-state index in [0.717, 1.165) is 23.1 Å². The molecule has 0 saturated carbocycles. The molecule has 196 valence electrons. The summed E-state index contributed by atoms with van der Waals surface area (Å²) in [4.78, 5) is 28.7. The number of halogens is 3. The number of carbonyl (C=O) groups excluding carboxylic acids is 2. The maximum absolute atomic E-state index is 13.7. The molecule has 0 unspecified atom stereocenters. The Hall–Kier alpha value is -2.73. The Morgan fingerprint density at radius 3 is 2.27 bits per heavy atom. The minimum atomic E-state index is -0.770. The summed E-state index contributed by atoms with van der Waals surface area (Å²) in [6.07, 6.45) is 1.11. The van der Waals surface area contributed by atoms with Crippen LogP contribution in [0.15, 0.2) is 66.7 Å². The van der Waals surface area contributed by atoms with Gasteiger partial charge in [0, 0.05) is 24.0 Å². The molecule has 0 saturated heterocycles. The lowest BCUT2D eigenvalue weighted by Gasteiger charge is -2.32. The molecule has 37 heavy (non-hydrogen) atoms. The predicted octanol–water partition coefficient (Wildman–Crippen LogP) is 6.89. The summed E-state index contributed by atoms with van der Waals surface area (Å²) in [5.41, 5.74) is 2.53.